The van der Waals surface area contributed by atoms with E-state index in [9.17, 15) is 4.79 Å². The van der Waals surface area contributed by atoms with E-state index in [4.69, 9.17) is 22.4 Å². The van der Waals surface area contributed by atoms with Gasteiger partial charge in [0.2, 0.25) is 0 Å². The van der Waals surface area contributed by atoms with Crippen molar-refractivity contribution in [2.24, 2.45) is 0 Å². The van der Waals surface area contributed by atoms with E-state index in [0.717, 1.165) is 0 Å². The second-order valence-electron chi connectivity index (χ2n) is 2.88. The Morgan fingerprint density at radius 1 is 1.12 bits per heavy atom. The third kappa shape index (κ3) is 4.86. The molecule has 0 radical (unpaired) electrons. The highest BCUT2D eigenvalue weighted by atomic mass is 28.4. The van der Waals surface area contributed by atoms with Crippen molar-refractivity contribution in [1.29, 1.82) is 0 Å². The fraction of sp³-hybridized carbons (Fsp3) is 0.667. The van der Waals surface area contributed by atoms with E-state index in [1.165, 1.54) is 21.3 Å². The molecule has 0 heterocycles. The highest BCUT2D eigenvalue weighted by Gasteiger charge is 2.42. The molecule has 0 rings (SSSR count). The molecule has 6 nitrogen and oxygen atoms in total. The summed E-state index contributed by atoms with van der Waals surface area (Å²) in [6.45, 7) is 5.25. The summed E-state index contributed by atoms with van der Waals surface area (Å²) < 4.78 is 25.1. The maximum atomic E-state index is 11.0. The number of carbonyl (C=O) groups is 1. The van der Waals surface area contributed by atoms with E-state index in [0.29, 0.717) is 5.57 Å². The molecule has 0 aliphatic carbocycles. The topological polar surface area (TPSA) is 63.2 Å². The van der Waals surface area contributed by atoms with Crippen LogP contribution >= 0.6 is 0 Å². The zero-order valence-electron chi connectivity index (χ0n) is 10.1. The minimum atomic E-state index is -3.03. The highest BCUT2D eigenvalue weighted by molar-refractivity contribution is 6.53. The van der Waals surface area contributed by atoms with Gasteiger partial charge in [0.15, 0.2) is 0 Å². The largest absolute Gasteiger partial charge is 0.679 e. The van der Waals surface area contributed by atoms with Crippen LogP contribution in [0.15, 0.2) is 12.2 Å². The molecule has 0 aromatic heterocycles. The van der Waals surface area contributed by atoms with Crippen LogP contribution in [0.3, 0.4) is 0 Å². The number of hydrogen-bond acceptors (Lipinski definition) is 6. The van der Waals surface area contributed by atoms with Crippen LogP contribution in [-0.2, 0) is 27.2 Å². The quantitative estimate of drug-likeness (QED) is 0.270. The SMILES string of the molecule is C=C(C)C(=O)OCCO[Si](OC)(OC)OC. The highest BCUT2D eigenvalue weighted by Crippen LogP contribution is 2.07. The van der Waals surface area contributed by atoms with Crippen molar-refractivity contribution < 1.29 is 27.2 Å². The number of ether oxygens (including phenoxy) is 1. The Bertz CT molecular complexity index is 230. The maximum absolute atomic E-state index is 11.0. The van der Waals surface area contributed by atoms with E-state index >= 15 is 0 Å². The van der Waals surface area contributed by atoms with Crippen LogP contribution in [0.25, 0.3) is 0 Å². The summed E-state index contributed by atoms with van der Waals surface area (Å²) in [4.78, 5) is 11.0. The van der Waals surface area contributed by atoms with Crippen LogP contribution in [0.4, 0.5) is 0 Å². The van der Waals surface area contributed by atoms with Crippen LogP contribution in [0.5, 0.6) is 0 Å². The first-order valence-electron chi connectivity index (χ1n) is 4.63. The van der Waals surface area contributed by atoms with E-state index in [1.54, 1.807) is 6.92 Å². The van der Waals surface area contributed by atoms with Crippen LogP contribution in [0.2, 0.25) is 0 Å². The van der Waals surface area contributed by atoms with Gasteiger partial charge in [0.1, 0.15) is 6.61 Å². The van der Waals surface area contributed by atoms with Gasteiger partial charge in [-0.3, -0.25) is 0 Å². The first-order valence-corrected chi connectivity index (χ1v) is 6.26. The smallest absolute Gasteiger partial charge is 0.460 e. The van der Waals surface area contributed by atoms with Crippen molar-refractivity contribution in [3.05, 3.63) is 12.2 Å². The van der Waals surface area contributed by atoms with Gasteiger partial charge in [-0.25, -0.2) is 4.79 Å². The number of esters is 1. The molecule has 0 aliphatic rings. The van der Waals surface area contributed by atoms with Gasteiger partial charge < -0.3 is 22.4 Å². The molecule has 0 amide bonds. The molecular formula is C9H18O6Si. The Kier molecular flexibility index (Phi) is 7.18. The first-order chi connectivity index (χ1) is 7.51. The number of carbonyl (C=O) groups excluding carboxylic acids is 1. The fourth-order valence-corrected chi connectivity index (χ4v) is 2.04. The molecular weight excluding hydrogens is 232 g/mol. The van der Waals surface area contributed by atoms with Crippen LogP contribution in [0, 0.1) is 0 Å². The van der Waals surface area contributed by atoms with Gasteiger partial charge in [0.05, 0.1) is 6.61 Å². The Hall–Kier alpha value is -0.733. The third-order valence-electron chi connectivity index (χ3n) is 1.69. The molecule has 0 aromatic rings. The van der Waals surface area contributed by atoms with Gasteiger partial charge in [-0.05, 0) is 6.92 Å². The first kappa shape index (κ1) is 15.3. The third-order valence-corrected chi connectivity index (χ3v) is 3.75. The minimum absolute atomic E-state index is 0.0938. The average Bonchev–Trinajstić information content (AvgIpc) is 2.30. The summed E-state index contributed by atoms with van der Waals surface area (Å²) in [5.74, 6) is -0.455. The van der Waals surface area contributed by atoms with Gasteiger partial charge in [-0.2, -0.15) is 0 Å². The van der Waals surface area contributed by atoms with Crippen molar-refractivity contribution in [2.75, 3.05) is 34.5 Å². The van der Waals surface area contributed by atoms with Gasteiger partial charge in [0, 0.05) is 26.9 Å². The molecule has 0 aliphatic heterocycles. The monoisotopic (exact) mass is 250 g/mol. The summed E-state index contributed by atoms with van der Waals surface area (Å²) in [5.41, 5.74) is 0.341. The summed E-state index contributed by atoms with van der Waals surface area (Å²) in [7, 11) is 1.26. The fourth-order valence-electron chi connectivity index (χ4n) is 0.851. The van der Waals surface area contributed by atoms with E-state index < -0.39 is 15.0 Å². The number of rotatable bonds is 8. The van der Waals surface area contributed by atoms with Gasteiger partial charge >= 0.3 is 15.0 Å². The molecule has 0 fully saturated rings. The van der Waals surface area contributed by atoms with Crippen molar-refractivity contribution in [2.45, 2.75) is 6.92 Å². The summed E-state index contributed by atoms with van der Waals surface area (Å²) >= 11 is 0. The zero-order chi connectivity index (χ0) is 12.6. The molecule has 0 aromatic carbocycles. The Morgan fingerprint density at radius 2 is 1.62 bits per heavy atom. The van der Waals surface area contributed by atoms with Crippen LogP contribution in [-0.4, -0.2) is 49.6 Å². The van der Waals surface area contributed by atoms with Crippen molar-refractivity contribution in [3.63, 3.8) is 0 Å². The minimum Gasteiger partial charge on any atom is -0.460 e. The van der Waals surface area contributed by atoms with Crippen LogP contribution in [0.1, 0.15) is 6.92 Å². The van der Waals surface area contributed by atoms with Gasteiger partial charge in [-0.15, -0.1) is 0 Å². The second-order valence-corrected chi connectivity index (χ2v) is 5.39. The lowest BCUT2D eigenvalue weighted by atomic mass is 10.4. The molecule has 94 valence electrons. The zero-order valence-corrected chi connectivity index (χ0v) is 11.1. The van der Waals surface area contributed by atoms with Gasteiger partial charge in [0.25, 0.3) is 0 Å². The summed E-state index contributed by atoms with van der Waals surface area (Å²) in [5, 5.41) is 0. The predicted molar refractivity (Wildman–Crippen MR) is 58.5 cm³/mol. The summed E-state index contributed by atoms with van der Waals surface area (Å²) in [6.07, 6.45) is 0. The molecule has 16 heavy (non-hydrogen) atoms. The molecule has 0 unspecified atom stereocenters. The van der Waals surface area contributed by atoms with Crippen molar-refractivity contribution in [1.82, 2.24) is 0 Å². The molecule has 7 heteroatoms. The summed E-state index contributed by atoms with van der Waals surface area (Å²) in [6, 6.07) is 0. The van der Waals surface area contributed by atoms with Crippen molar-refractivity contribution >= 4 is 15.0 Å². The molecule has 0 spiro atoms. The standard InChI is InChI=1S/C9H18O6Si/c1-8(2)9(10)14-6-7-15-16(11-3,12-4)13-5/h1,6-7H2,2-5H3. The maximum Gasteiger partial charge on any atom is 0.679 e. The van der Waals surface area contributed by atoms with E-state index in [1.807, 2.05) is 0 Å². The predicted octanol–water partition coefficient (Wildman–Crippen LogP) is 0.497. The molecule has 0 atom stereocenters. The number of hydrogen-bond donors (Lipinski definition) is 0. The lowest BCUT2D eigenvalue weighted by Crippen LogP contribution is -2.47. The van der Waals surface area contributed by atoms with Crippen LogP contribution < -0.4 is 0 Å². The van der Waals surface area contributed by atoms with Gasteiger partial charge in [-0.1, -0.05) is 6.58 Å². The second kappa shape index (κ2) is 7.53. The molecule has 0 bridgehead atoms. The lowest BCUT2D eigenvalue weighted by Gasteiger charge is -2.22. The average molecular weight is 250 g/mol. The lowest BCUT2D eigenvalue weighted by molar-refractivity contribution is -0.140. The van der Waals surface area contributed by atoms with E-state index in [-0.39, 0.29) is 13.2 Å². The normalized spacial score (nSPS) is 11.2. The molecule has 0 saturated carbocycles. The molecule has 0 saturated heterocycles. The Morgan fingerprint density at radius 3 is 2.00 bits per heavy atom. The molecule has 0 N–H and O–H groups in total. The van der Waals surface area contributed by atoms with E-state index in [2.05, 4.69) is 6.58 Å². The Labute approximate surface area is 96.6 Å². The van der Waals surface area contributed by atoms with Crippen molar-refractivity contribution in [3.8, 4) is 0 Å². The Balaban J connectivity index is 3.88.